The molecule has 0 saturated heterocycles. The number of halogens is 4. The van der Waals surface area contributed by atoms with E-state index in [1.807, 2.05) is 24.4 Å². The second-order valence-electron chi connectivity index (χ2n) is 9.00. The number of anilines is 2. The molecule has 7 nitrogen and oxygen atoms in total. The third-order valence-electron chi connectivity index (χ3n) is 6.66. The molecule has 186 valence electrons. The average molecular weight is 547 g/mol. The summed E-state index contributed by atoms with van der Waals surface area (Å²) in [4.78, 5) is 14.3. The van der Waals surface area contributed by atoms with E-state index < -0.39 is 0 Å². The van der Waals surface area contributed by atoms with Crippen LogP contribution in [0.1, 0.15) is 63.0 Å². The number of imidazole rings is 1. The zero-order chi connectivity index (χ0) is 22.1. The number of benzene rings is 1. The first kappa shape index (κ1) is 27.1. The van der Waals surface area contributed by atoms with Crippen LogP contribution in [-0.2, 0) is 6.54 Å². The molecule has 0 aliphatic heterocycles. The fraction of sp³-hybridized carbons (Fsp3) is 0.522. The van der Waals surface area contributed by atoms with Gasteiger partial charge in [0, 0.05) is 24.7 Å². The Morgan fingerprint density at radius 1 is 0.971 bits per heavy atom. The van der Waals surface area contributed by atoms with Crippen molar-refractivity contribution >= 4 is 71.1 Å². The van der Waals surface area contributed by atoms with Crippen molar-refractivity contribution in [2.45, 2.75) is 76.0 Å². The normalized spacial score (nSPS) is 20.6. The summed E-state index contributed by atoms with van der Waals surface area (Å²) in [6.45, 7) is 0.605. The first-order chi connectivity index (χ1) is 15.6. The Morgan fingerprint density at radius 2 is 1.71 bits per heavy atom. The number of rotatable bonds is 6. The minimum atomic E-state index is 0. The molecule has 5 rings (SSSR count). The summed E-state index contributed by atoms with van der Waals surface area (Å²) in [7, 11) is 0. The molecule has 0 unspecified atom stereocenters. The van der Waals surface area contributed by atoms with Crippen LogP contribution in [0.25, 0.3) is 11.2 Å². The largest absolute Gasteiger partial charge is 0.352 e. The van der Waals surface area contributed by atoms with Gasteiger partial charge < -0.3 is 16.4 Å². The van der Waals surface area contributed by atoms with Gasteiger partial charge in [-0.3, -0.25) is 4.57 Å². The smallest absolute Gasteiger partial charge is 0.224 e. The van der Waals surface area contributed by atoms with Gasteiger partial charge in [-0.15, -0.1) is 24.8 Å². The van der Waals surface area contributed by atoms with Gasteiger partial charge in [0.15, 0.2) is 5.65 Å². The average Bonchev–Trinajstić information content (AvgIpc) is 3.43. The number of nitrogens with two attached hydrogens (primary N) is 1. The van der Waals surface area contributed by atoms with Crippen molar-refractivity contribution in [3.63, 3.8) is 0 Å². The van der Waals surface area contributed by atoms with Crippen LogP contribution in [0.3, 0.4) is 0 Å². The lowest BCUT2D eigenvalue weighted by Gasteiger charge is -2.26. The number of nitrogens with one attached hydrogen (secondary N) is 2. The second kappa shape index (κ2) is 12.0. The highest BCUT2D eigenvalue weighted by atomic mass is 35.5. The van der Waals surface area contributed by atoms with E-state index in [1.54, 1.807) is 0 Å². The van der Waals surface area contributed by atoms with Crippen LogP contribution in [0.5, 0.6) is 0 Å². The van der Waals surface area contributed by atoms with Crippen LogP contribution in [0.2, 0.25) is 10.0 Å². The summed E-state index contributed by atoms with van der Waals surface area (Å²) >= 11 is 12.2. The fourth-order valence-electron chi connectivity index (χ4n) is 4.87. The molecule has 2 aliphatic rings. The highest BCUT2D eigenvalue weighted by Gasteiger charge is 2.25. The lowest BCUT2D eigenvalue weighted by atomic mass is 9.92. The highest BCUT2D eigenvalue weighted by molar-refractivity contribution is 6.42. The van der Waals surface area contributed by atoms with Gasteiger partial charge in [0.1, 0.15) is 5.52 Å². The predicted octanol–water partition coefficient (Wildman–Crippen LogP) is 6.39. The first-order valence-corrected chi connectivity index (χ1v) is 12.3. The van der Waals surface area contributed by atoms with Crippen LogP contribution in [0.15, 0.2) is 24.4 Å². The molecule has 2 aliphatic carbocycles. The summed E-state index contributed by atoms with van der Waals surface area (Å²) in [5.41, 5.74) is 8.80. The van der Waals surface area contributed by atoms with Gasteiger partial charge >= 0.3 is 0 Å². The maximum absolute atomic E-state index is 6.19. The third-order valence-corrected chi connectivity index (χ3v) is 7.40. The molecule has 2 heterocycles. The van der Waals surface area contributed by atoms with E-state index in [4.69, 9.17) is 38.9 Å². The van der Waals surface area contributed by atoms with Crippen LogP contribution in [0, 0.1) is 0 Å². The molecule has 34 heavy (non-hydrogen) atoms. The lowest BCUT2D eigenvalue weighted by molar-refractivity contribution is 0.410. The second-order valence-corrected chi connectivity index (χ2v) is 9.82. The Balaban J connectivity index is 0.00000162. The molecule has 0 amide bonds. The topological polar surface area (TPSA) is 93.7 Å². The highest BCUT2D eigenvalue weighted by Crippen LogP contribution is 2.35. The Hall–Kier alpha value is -1.51. The molecule has 0 atom stereocenters. The minimum Gasteiger partial charge on any atom is -0.352 e. The van der Waals surface area contributed by atoms with Crippen molar-refractivity contribution in [2.75, 3.05) is 10.6 Å². The zero-order valence-corrected chi connectivity index (χ0v) is 22.0. The number of nitrogens with zero attached hydrogens (tertiary/aromatic N) is 4. The minimum absolute atomic E-state index is 0. The summed E-state index contributed by atoms with van der Waals surface area (Å²) in [5, 5.41) is 8.13. The van der Waals surface area contributed by atoms with Crippen molar-refractivity contribution in [1.82, 2.24) is 19.5 Å². The van der Waals surface area contributed by atoms with E-state index >= 15 is 0 Å². The quantitative estimate of drug-likeness (QED) is 0.332. The van der Waals surface area contributed by atoms with Crippen molar-refractivity contribution in [1.29, 1.82) is 0 Å². The maximum atomic E-state index is 6.19. The standard InChI is InChI=1S/C23H29Cl2N7.2ClH/c24-18-10-5-14(11-19(18)25)12-28-23-30-20-13-27-22(29-16-8-6-15(26)7-9-16)31-21(20)32(23)17-3-1-2-4-17;;/h5,10-11,13,15-17H,1-4,6-9,12,26H2,(H,28,30)(H,27,29,31);2*1H. The summed E-state index contributed by atoms with van der Waals surface area (Å²) < 4.78 is 2.27. The van der Waals surface area contributed by atoms with Crippen LogP contribution < -0.4 is 16.4 Å². The molecule has 0 spiro atoms. The number of hydrogen-bond acceptors (Lipinski definition) is 6. The lowest BCUT2D eigenvalue weighted by Crippen LogP contribution is -2.33. The van der Waals surface area contributed by atoms with Crippen LogP contribution in [0.4, 0.5) is 11.9 Å². The maximum Gasteiger partial charge on any atom is 0.224 e. The SMILES string of the molecule is Cl.Cl.NC1CCC(Nc2ncc3nc(NCc4ccc(Cl)c(Cl)c4)n(C4CCCC4)c3n2)CC1. The Morgan fingerprint density at radius 3 is 2.41 bits per heavy atom. The first-order valence-electron chi connectivity index (χ1n) is 11.5. The van der Waals surface area contributed by atoms with Crippen molar-refractivity contribution in [3.05, 3.63) is 40.0 Å². The summed E-state index contributed by atoms with van der Waals surface area (Å²) in [5.74, 6) is 1.50. The molecule has 1 aromatic carbocycles. The van der Waals surface area contributed by atoms with E-state index in [2.05, 4.69) is 20.2 Å². The Bertz CT molecular complexity index is 1090. The van der Waals surface area contributed by atoms with Gasteiger partial charge in [-0.25, -0.2) is 9.97 Å². The fourth-order valence-corrected chi connectivity index (χ4v) is 5.19. The van der Waals surface area contributed by atoms with Gasteiger partial charge in [0.25, 0.3) is 0 Å². The van der Waals surface area contributed by atoms with E-state index in [1.165, 1.54) is 12.8 Å². The summed E-state index contributed by atoms with van der Waals surface area (Å²) in [6, 6.07) is 6.78. The van der Waals surface area contributed by atoms with E-state index in [0.717, 1.165) is 61.2 Å². The number of hydrogen-bond donors (Lipinski definition) is 3. The summed E-state index contributed by atoms with van der Waals surface area (Å²) in [6.07, 6.45) is 10.8. The molecular formula is C23H31Cl4N7. The number of aromatic nitrogens is 4. The molecule has 0 bridgehead atoms. The Kier molecular flexibility index (Phi) is 9.52. The van der Waals surface area contributed by atoms with Crippen molar-refractivity contribution in [3.8, 4) is 0 Å². The van der Waals surface area contributed by atoms with Gasteiger partial charge in [-0.1, -0.05) is 42.1 Å². The van der Waals surface area contributed by atoms with Gasteiger partial charge in [0.2, 0.25) is 11.9 Å². The molecule has 2 saturated carbocycles. The van der Waals surface area contributed by atoms with E-state index in [0.29, 0.717) is 40.7 Å². The monoisotopic (exact) mass is 545 g/mol. The van der Waals surface area contributed by atoms with Crippen LogP contribution >= 0.6 is 48.0 Å². The van der Waals surface area contributed by atoms with Crippen molar-refractivity contribution in [2.24, 2.45) is 5.73 Å². The molecule has 2 fully saturated rings. The van der Waals surface area contributed by atoms with E-state index in [-0.39, 0.29) is 24.8 Å². The zero-order valence-electron chi connectivity index (χ0n) is 18.8. The van der Waals surface area contributed by atoms with Crippen LogP contribution in [-0.4, -0.2) is 31.6 Å². The Labute approximate surface area is 222 Å². The molecular weight excluding hydrogens is 516 g/mol. The van der Waals surface area contributed by atoms with Gasteiger partial charge in [-0.2, -0.15) is 4.98 Å². The van der Waals surface area contributed by atoms with Gasteiger partial charge in [0.05, 0.1) is 16.2 Å². The molecule has 0 radical (unpaired) electrons. The van der Waals surface area contributed by atoms with Crippen molar-refractivity contribution < 1.29 is 0 Å². The predicted molar refractivity (Wildman–Crippen MR) is 145 cm³/mol. The van der Waals surface area contributed by atoms with Gasteiger partial charge in [-0.05, 0) is 56.2 Å². The molecule has 4 N–H and O–H groups in total. The molecule has 3 aromatic rings. The molecule has 11 heteroatoms. The molecule has 2 aromatic heterocycles. The third kappa shape index (κ3) is 6.00. The number of fused-ring (bicyclic) bond motifs is 1. The van der Waals surface area contributed by atoms with E-state index in [9.17, 15) is 0 Å².